The first kappa shape index (κ1) is 60.4. The number of ether oxygens (including phenoxy) is 6. The molecule has 11 fully saturated rings. The fraction of sp³-hybridized carbons (Fsp3) is 0.900. The predicted octanol–water partition coefficient (Wildman–Crippen LogP) is 11.0. The van der Waals surface area contributed by atoms with Crippen LogP contribution in [-0.4, -0.2) is 91.7 Å². The van der Waals surface area contributed by atoms with Gasteiger partial charge in [-0.2, -0.15) is 8.42 Å². The molecular weight excluding hydrogens is 993 g/mol. The van der Waals surface area contributed by atoms with E-state index in [0.29, 0.717) is 48.9 Å². The quantitative estimate of drug-likeness (QED) is 0.0851. The average Bonchev–Trinajstić information content (AvgIpc) is 4.25. The highest BCUT2D eigenvalue weighted by molar-refractivity contribution is 7.87. The van der Waals surface area contributed by atoms with Crippen LogP contribution in [0, 0.1) is 80.8 Å². The van der Waals surface area contributed by atoms with E-state index < -0.39 is 57.0 Å². The zero-order valence-electron chi connectivity index (χ0n) is 48.9. The monoisotopic (exact) mass is 1090 g/mol. The molecule has 2 saturated heterocycles. The summed E-state index contributed by atoms with van der Waals surface area (Å²) < 4.78 is 62.2. The van der Waals surface area contributed by atoms with Gasteiger partial charge in [-0.15, -0.1) is 0 Å². The molecule has 0 aromatic heterocycles. The minimum atomic E-state index is -3.53. The van der Waals surface area contributed by atoms with Crippen molar-refractivity contribution in [3.8, 4) is 0 Å². The zero-order valence-corrected chi connectivity index (χ0v) is 49.7. The van der Waals surface area contributed by atoms with Gasteiger partial charge in [-0.3, -0.25) is 28.2 Å². The number of carbonyl (C=O) groups is 6. The topological polar surface area (TPSA) is 201 Å². The lowest BCUT2D eigenvalue weighted by atomic mass is 9.47. The Balaban J connectivity index is 0.000000150. The van der Waals surface area contributed by atoms with Gasteiger partial charge >= 0.3 is 35.8 Å². The van der Waals surface area contributed by atoms with Crippen molar-refractivity contribution in [1.82, 2.24) is 0 Å². The van der Waals surface area contributed by atoms with Gasteiger partial charge < -0.3 is 28.4 Å². The molecule has 16 heteroatoms. The Morgan fingerprint density at radius 2 is 1.08 bits per heavy atom. The van der Waals surface area contributed by atoms with E-state index in [4.69, 9.17) is 32.6 Å². The van der Waals surface area contributed by atoms with E-state index in [-0.39, 0.29) is 75.9 Å². The lowest BCUT2D eigenvalue weighted by Gasteiger charge is -2.62. The predicted molar refractivity (Wildman–Crippen MR) is 284 cm³/mol. The van der Waals surface area contributed by atoms with E-state index in [9.17, 15) is 37.2 Å². The summed E-state index contributed by atoms with van der Waals surface area (Å²) in [6.07, 6.45) is 15.6. The van der Waals surface area contributed by atoms with Gasteiger partial charge in [-0.25, -0.2) is 4.79 Å². The molecule has 0 N–H and O–H groups in total. The Labute approximate surface area is 455 Å². The lowest BCUT2D eigenvalue weighted by molar-refractivity contribution is -0.231. The van der Waals surface area contributed by atoms with Gasteiger partial charge in [-0.05, 0) is 201 Å². The van der Waals surface area contributed by atoms with Gasteiger partial charge in [0.15, 0.2) is 6.61 Å². The van der Waals surface area contributed by atoms with E-state index in [1.807, 2.05) is 62.3 Å². The van der Waals surface area contributed by atoms with Crippen molar-refractivity contribution >= 4 is 45.9 Å². The molecule has 10 unspecified atom stereocenters. The maximum Gasteiger partial charge on any atom is 0.344 e. The van der Waals surface area contributed by atoms with Crippen molar-refractivity contribution in [2.75, 3.05) is 6.61 Å². The third-order valence-electron chi connectivity index (χ3n) is 21.0. The summed E-state index contributed by atoms with van der Waals surface area (Å²) >= 11 is 0. The highest BCUT2D eigenvalue weighted by Gasteiger charge is 2.66. The van der Waals surface area contributed by atoms with E-state index in [0.717, 1.165) is 56.8 Å². The normalized spacial score (nSPS) is 36.2. The third-order valence-corrected chi connectivity index (χ3v) is 22.8. The van der Waals surface area contributed by atoms with Gasteiger partial charge in [0.25, 0.3) is 10.1 Å². The second kappa shape index (κ2) is 22.3. The largest absolute Gasteiger partial charge is 0.459 e. The molecule has 10 atom stereocenters. The molecule has 2 aliphatic heterocycles. The molecular formula is C60H96O15S. The molecule has 2 heterocycles. The minimum Gasteiger partial charge on any atom is -0.459 e. The van der Waals surface area contributed by atoms with Crippen LogP contribution in [0.4, 0.5) is 0 Å². The summed E-state index contributed by atoms with van der Waals surface area (Å²) in [5.41, 5.74) is -2.13. The van der Waals surface area contributed by atoms with Crippen molar-refractivity contribution < 1.29 is 69.8 Å². The van der Waals surface area contributed by atoms with Gasteiger partial charge in [0, 0.05) is 23.7 Å². The van der Waals surface area contributed by atoms with Crippen LogP contribution in [-0.2, 0) is 71.5 Å². The first-order chi connectivity index (χ1) is 35.3. The number of carbonyl (C=O) groups excluding carboxylic acids is 6. The Morgan fingerprint density at radius 3 is 1.61 bits per heavy atom. The van der Waals surface area contributed by atoms with Crippen molar-refractivity contribution in [1.29, 1.82) is 0 Å². The zero-order chi connectivity index (χ0) is 56.3. The first-order valence-corrected chi connectivity index (χ1v) is 30.9. The first-order valence-electron chi connectivity index (χ1n) is 29.5. The standard InChI is InChI=1S/C19H32O2.C15H22O7S.C14H20O4.C12H22O2/c1-6-18(4,5)17(20)21-19(12(2)3)15-8-13-7-14(10-15)11-16(19)9-13;1-4-15(2,3)14(17)20-7-11(16)21-12-8-5-9-10(6-8)23(18,19)22-13(9)12;1-4-14(2,3)13(16)18-10-7-5-8-9(6-7)12(15)17-11(8)10;1-5-11(2,3)10(13)14-12(4)8-6-7-9-12/h12-16H,6-11H2,1-5H3;8-10,12-13H,4-7H2,1-3H3;7-11H,4-6H2,1-3H3;5-9H2,1-4H3. The molecule has 11 aliphatic rings. The van der Waals surface area contributed by atoms with Crippen LogP contribution in [0.5, 0.6) is 0 Å². The van der Waals surface area contributed by atoms with E-state index in [2.05, 4.69) is 27.7 Å². The van der Waals surface area contributed by atoms with E-state index >= 15 is 0 Å². The van der Waals surface area contributed by atoms with Crippen LogP contribution in [0.1, 0.15) is 213 Å². The molecule has 0 aromatic rings. The molecule has 8 bridgehead atoms. The molecule has 0 aromatic carbocycles. The minimum absolute atomic E-state index is 0.0130. The van der Waals surface area contributed by atoms with Crippen LogP contribution in [0.25, 0.3) is 0 Å². The highest BCUT2D eigenvalue weighted by atomic mass is 32.2. The Bertz CT molecular complexity index is 2240. The Kier molecular flexibility index (Phi) is 17.7. The van der Waals surface area contributed by atoms with Gasteiger partial charge in [0.05, 0.1) is 32.8 Å². The second-order valence-electron chi connectivity index (χ2n) is 28.0. The summed E-state index contributed by atoms with van der Waals surface area (Å²) in [5, 5.41) is -0.448. The number of fused-ring (bicyclic) bond motifs is 2. The van der Waals surface area contributed by atoms with Gasteiger partial charge in [0.1, 0.15) is 35.6 Å². The lowest BCUT2D eigenvalue weighted by Crippen LogP contribution is -2.63. The molecule has 0 spiro atoms. The molecule has 15 nitrogen and oxygen atoms in total. The van der Waals surface area contributed by atoms with Crippen LogP contribution in [0.3, 0.4) is 0 Å². The Hall–Kier alpha value is -3.27. The summed E-state index contributed by atoms with van der Waals surface area (Å²) in [6, 6.07) is 0. The SMILES string of the molecule is CCC(C)(C)C(=O)OC1(C(C)C)C2CC3CC(C2)CC1C3.CCC(C)(C)C(=O)OC1(C)CCCC1.CCC(C)(C)C(=O)OC1C2CC3C(=O)OC1C3C2.CCC(C)(C)C(=O)OCC(=O)OC1C2CC3C1OS(=O)(=O)C3C2. The second-order valence-corrected chi connectivity index (χ2v) is 29.8. The highest BCUT2D eigenvalue weighted by Crippen LogP contribution is 2.62. The van der Waals surface area contributed by atoms with Crippen LogP contribution >= 0.6 is 0 Å². The van der Waals surface area contributed by atoms with Gasteiger partial charge in [-0.1, -0.05) is 41.5 Å². The fourth-order valence-electron chi connectivity index (χ4n) is 14.5. The Morgan fingerprint density at radius 1 is 0.605 bits per heavy atom. The molecule has 432 valence electrons. The summed E-state index contributed by atoms with van der Waals surface area (Å²) in [6.45, 7) is 29.3. The fourth-order valence-corrected chi connectivity index (χ4v) is 16.4. The van der Waals surface area contributed by atoms with E-state index in [1.165, 1.54) is 44.9 Å². The summed E-state index contributed by atoms with van der Waals surface area (Å²) in [7, 11) is -3.53. The summed E-state index contributed by atoms with van der Waals surface area (Å²) in [4.78, 5) is 72.1. The molecule has 9 saturated carbocycles. The number of rotatable bonds is 15. The molecule has 0 amide bonds. The van der Waals surface area contributed by atoms with Gasteiger partial charge in [0.2, 0.25) is 0 Å². The van der Waals surface area contributed by atoms with E-state index in [1.54, 1.807) is 13.8 Å². The molecule has 0 radical (unpaired) electrons. The van der Waals surface area contributed by atoms with Crippen molar-refractivity contribution in [3.63, 3.8) is 0 Å². The summed E-state index contributed by atoms with van der Waals surface area (Å²) in [5.74, 6) is 2.76. The smallest absolute Gasteiger partial charge is 0.344 e. The number of hydrogen-bond acceptors (Lipinski definition) is 15. The van der Waals surface area contributed by atoms with Crippen molar-refractivity contribution in [2.45, 2.75) is 254 Å². The maximum atomic E-state index is 12.8. The number of esters is 6. The molecule has 11 rings (SSSR count). The van der Waals surface area contributed by atoms with Crippen molar-refractivity contribution in [2.24, 2.45) is 80.8 Å². The molecule has 9 aliphatic carbocycles. The molecule has 76 heavy (non-hydrogen) atoms. The maximum absolute atomic E-state index is 12.8. The van der Waals surface area contributed by atoms with Crippen LogP contribution in [0.2, 0.25) is 0 Å². The van der Waals surface area contributed by atoms with Crippen molar-refractivity contribution in [3.05, 3.63) is 0 Å². The average molecular weight is 1090 g/mol. The van der Waals surface area contributed by atoms with Crippen LogP contribution in [0.15, 0.2) is 0 Å². The van der Waals surface area contributed by atoms with Crippen LogP contribution < -0.4 is 0 Å². The number of hydrogen-bond donors (Lipinski definition) is 0. The third kappa shape index (κ3) is 11.9.